The Bertz CT molecular complexity index is 879. The van der Waals surface area contributed by atoms with Gasteiger partial charge in [-0.05, 0) is 24.6 Å². The van der Waals surface area contributed by atoms with Crippen LogP contribution in [0.5, 0.6) is 0 Å². The zero-order valence-electron chi connectivity index (χ0n) is 14.2. The number of hydrogen-bond acceptors (Lipinski definition) is 4. The maximum absolute atomic E-state index is 13.3. The molecule has 1 saturated carbocycles. The first-order chi connectivity index (χ1) is 11.9. The van der Waals surface area contributed by atoms with Gasteiger partial charge in [-0.3, -0.25) is 0 Å². The number of ether oxygens (including phenoxy) is 1. The number of rotatable bonds is 6. The van der Waals surface area contributed by atoms with Gasteiger partial charge in [0.05, 0.1) is 27.2 Å². The Kier molecular flexibility index (Phi) is 4.70. The molecule has 2 aromatic rings. The summed E-state index contributed by atoms with van der Waals surface area (Å²) in [6.07, 6.45) is 0. The van der Waals surface area contributed by atoms with Crippen LogP contribution in [0.2, 0.25) is 0 Å². The highest BCUT2D eigenvalue weighted by molar-refractivity contribution is 7.92. The van der Waals surface area contributed by atoms with Gasteiger partial charge in [0.15, 0.2) is 9.84 Å². The van der Waals surface area contributed by atoms with Crippen molar-refractivity contribution in [3.05, 3.63) is 65.7 Å². The number of thiocarbonyl (C=S) groups is 1. The molecule has 0 aromatic heterocycles. The molecule has 0 unspecified atom stereocenters. The van der Waals surface area contributed by atoms with Crippen molar-refractivity contribution in [2.24, 2.45) is 11.1 Å². The molecule has 6 heteroatoms. The van der Waals surface area contributed by atoms with Gasteiger partial charge in [0.2, 0.25) is 0 Å². The maximum atomic E-state index is 13.3. The molecule has 0 aliphatic heterocycles. The second kappa shape index (κ2) is 6.52. The monoisotopic (exact) mass is 375 g/mol. The zero-order chi connectivity index (χ0) is 18.2. The summed E-state index contributed by atoms with van der Waals surface area (Å²) in [7, 11) is -2.06. The highest BCUT2D eigenvalue weighted by Gasteiger charge is 2.73. The van der Waals surface area contributed by atoms with Gasteiger partial charge < -0.3 is 10.5 Å². The van der Waals surface area contributed by atoms with Crippen LogP contribution < -0.4 is 5.73 Å². The van der Waals surface area contributed by atoms with Gasteiger partial charge in [-0.15, -0.1) is 0 Å². The first kappa shape index (κ1) is 18.0. The molecule has 1 aliphatic rings. The molecule has 3 atom stereocenters. The topological polar surface area (TPSA) is 69.4 Å². The van der Waals surface area contributed by atoms with E-state index in [1.54, 1.807) is 24.3 Å². The minimum atomic E-state index is -3.60. The third kappa shape index (κ3) is 2.88. The van der Waals surface area contributed by atoms with Crippen molar-refractivity contribution in [3.8, 4) is 0 Å². The predicted octanol–water partition coefficient (Wildman–Crippen LogP) is 2.85. The summed E-state index contributed by atoms with van der Waals surface area (Å²) < 4.78 is 32.0. The van der Waals surface area contributed by atoms with Crippen molar-refractivity contribution in [3.63, 3.8) is 0 Å². The van der Waals surface area contributed by atoms with Gasteiger partial charge in [-0.2, -0.15) is 0 Å². The number of sulfone groups is 1. The molecule has 132 valence electrons. The molecule has 3 rings (SSSR count). The smallest absolute Gasteiger partial charge is 0.182 e. The normalized spacial score (nSPS) is 25.5. The first-order valence-electron chi connectivity index (χ1n) is 8.00. The fourth-order valence-corrected chi connectivity index (χ4v) is 6.41. The number of methoxy groups -OCH3 is 1. The lowest BCUT2D eigenvalue weighted by molar-refractivity contribution is 0.166. The average molecular weight is 376 g/mol. The lowest BCUT2D eigenvalue weighted by atomic mass is 10.00. The third-order valence-electron chi connectivity index (χ3n) is 4.94. The molecule has 0 bridgehead atoms. The SMILES string of the molecule is COC[C@@]1(C(N)=S)[C@H](S(=O)(=O)c2ccc(C)cc2)[C@@H]1c1ccccc1. The van der Waals surface area contributed by atoms with Crippen LogP contribution in [0.25, 0.3) is 0 Å². The van der Waals surface area contributed by atoms with E-state index in [2.05, 4.69) is 0 Å². The molecule has 0 amide bonds. The van der Waals surface area contributed by atoms with Crippen LogP contribution in [-0.4, -0.2) is 32.4 Å². The van der Waals surface area contributed by atoms with E-state index in [0.717, 1.165) is 11.1 Å². The van der Waals surface area contributed by atoms with Crippen LogP contribution in [-0.2, 0) is 14.6 Å². The molecule has 25 heavy (non-hydrogen) atoms. The third-order valence-corrected chi connectivity index (χ3v) is 7.61. The van der Waals surface area contributed by atoms with Crippen LogP contribution in [0.1, 0.15) is 17.0 Å². The predicted molar refractivity (Wildman–Crippen MR) is 102 cm³/mol. The average Bonchev–Trinajstić information content (AvgIpc) is 3.27. The fourth-order valence-electron chi connectivity index (χ4n) is 3.64. The molecule has 0 heterocycles. The standard InChI is InChI=1S/C19H21NO3S2/c1-13-8-10-15(11-9-13)25(21,22)17-16(14-6-4-3-5-7-14)19(17,12-23-2)18(20)24/h3-11,16-17H,12H2,1-2H3,(H2,20,24)/t16-,17+,19-/m0/s1. The van der Waals surface area contributed by atoms with Crippen molar-refractivity contribution in [1.29, 1.82) is 0 Å². The zero-order valence-corrected chi connectivity index (χ0v) is 15.8. The Morgan fingerprint density at radius 2 is 1.76 bits per heavy atom. The number of benzene rings is 2. The van der Waals surface area contributed by atoms with E-state index >= 15 is 0 Å². The van der Waals surface area contributed by atoms with E-state index in [1.807, 2.05) is 37.3 Å². The fraction of sp³-hybridized carbons (Fsp3) is 0.316. The minimum absolute atomic E-state index is 0.178. The van der Waals surface area contributed by atoms with Gasteiger partial charge in [-0.25, -0.2) is 8.42 Å². The summed E-state index contributed by atoms with van der Waals surface area (Å²) in [5, 5.41) is -0.720. The van der Waals surface area contributed by atoms with E-state index in [1.165, 1.54) is 7.11 Å². The molecule has 0 spiro atoms. The van der Waals surface area contributed by atoms with Crippen LogP contribution >= 0.6 is 12.2 Å². The second-order valence-electron chi connectivity index (χ2n) is 6.50. The van der Waals surface area contributed by atoms with E-state index in [9.17, 15) is 8.42 Å². The highest BCUT2D eigenvalue weighted by Crippen LogP contribution is 2.64. The molecule has 2 N–H and O–H groups in total. The Morgan fingerprint density at radius 1 is 1.16 bits per heavy atom. The van der Waals surface area contributed by atoms with Gasteiger partial charge in [0.1, 0.15) is 0 Å². The quantitative estimate of drug-likeness (QED) is 0.786. The summed E-state index contributed by atoms with van der Waals surface area (Å²) in [6.45, 7) is 2.10. The van der Waals surface area contributed by atoms with Crippen LogP contribution in [0.15, 0.2) is 59.5 Å². The Morgan fingerprint density at radius 3 is 2.28 bits per heavy atom. The molecule has 1 aliphatic carbocycles. The van der Waals surface area contributed by atoms with Crippen LogP contribution in [0.4, 0.5) is 0 Å². The van der Waals surface area contributed by atoms with Gasteiger partial charge >= 0.3 is 0 Å². The van der Waals surface area contributed by atoms with E-state index < -0.39 is 20.5 Å². The van der Waals surface area contributed by atoms with Crippen LogP contribution in [0.3, 0.4) is 0 Å². The number of hydrogen-bond donors (Lipinski definition) is 1. The lowest BCUT2D eigenvalue weighted by Gasteiger charge is -2.16. The van der Waals surface area contributed by atoms with Gasteiger partial charge in [0.25, 0.3) is 0 Å². The van der Waals surface area contributed by atoms with E-state index in [0.29, 0.717) is 4.90 Å². The molecular formula is C19H21NO3S2. The molecule has 0 saturated heterocycles. The maximum Gasteiger partial charge on any atom is 0.182 e. The Labute approximate surface area is 153 Å². The lowest BCUT2D eigenvalue weighted by Crippen LogP contribution is -2.33. The highest BCUT2D eigenvalue weighted by atomic mass is 32.2. The van der Waals surface area contributed by atoms with Crippen molar-refractivity contribution in [2.75, 3.05) is 13.7 Å². The van der Waals surface area contributed by atoms with Crippen molar-refractivity contribution in [2.45, 2.75) is 23.0 Å². The second-order valence-corrected chi connectivity index (χ2v) is 9.01. The molecule has 0 radical (unpaired) electrons. The Balaban J connectivity index is 2.11. The summed E-state index contributed by atoms with van der Waals surface area (Å²) in [5.74, 6) is -0.308. The largest absolute Gasteiger partial charge is 0.393 e. The van der Waals surface area contributed by atoms with Gasteiger partial charge in [-0.1, -0.05) is 60.2 Å². The summed E-state index contributed by atoms with van der Waals surface area (Å²) >= 11 is 5.29. The molecule has 4 nitrogen and oxygen atoms in total. The number of nitrogens with two attached hydrogens (primary N) is 1. The van der Waals surface area contributed by atoms with Crippen LogP contribution in [0, 0.1) is 12.3 Å². The molecule has 2 aromatic carbocycles. The van der Waals surface area contributed by atoms with E-state index in [-0.39, 0.29) is 17.5 Å². The van der Waals surface area contributed by atoms with Gasteiger partial charge in [0, 0.05) is 13.0 Å². The van der Waals surface area contributed by atoms with Crippen molar-refractivity contribution < 1.29 is 13.2 Å². The summed E-state index contributed by atoms with van der Waals surface area (Å²) in [5.41, 5.74) is 7.06. The molecular weight excluding hydrogens is 354 g/mol. The Hall–Kier alpha value is -1.76. The first-order valence-corrected chi connectivity index (χ1v) is 9.95. The summed E-state index contributed by atoms with van der Waals surface area (Å²) in [4.78, 5) is 0.474. The molecule has 1 fully saturated rings. The minimum Gasteiger partial charge on any atom is -0.393 e. The van der Waals surface area contributed by atoms with Crippen molar-refractivity contribution in [1.82, 2.24) is 0 Å². The van der Waals surface area contributed by atoms with Crippen molar-refractivity contribution >= 4 is 27.0 Å². The summed E-state index contributed by atoms with van der Waals surface area (Å²) in [6, 6.07) is 16.4. The van der Waals surface area contributed by atoms with E-state index in [4.69, 9.17) is 22.7 Å². The number of aryl methyl sites for hydroxylation is 1.